The summed E-state index contributed by atoms with van der Waals surface area (Å²) in [6, 6.07) is 60.8. The van der Waals surface area contributed by atoms with Crippen LogP contribution in [0.1, 0.15) is 27.8 Å². The number of hydrogen-bond acceptors (Lipinski definition) is 4. The van der Waals surface area contributed by atoms with Crippen LogP contribution in [0.15, 0.2) is 197 Å². The molecule has 3 heterocycles. The molecule has 0 radical (unpaired) electrons. The first-order valence-electron chi connectivity index (χ1n) is 19.0. The second kappa shape index (κ2) is 14.1. The monoisotopic (exact) mass is 905 g/mol. The molecule has 0 bridgehead atoms. The van der Waals surface area contributed by atoms with Crippen LogP contribution in [0.3, 0.4) is 0 Å². The van der Waals surface area contributed by atoms with Gasteiger partial charge in [-0.1, -0.05) is 165 Å². The van der Waals surface area contributed by atoms with Crippen LogP contribution in [0.2, 0.25) is 5.02 Å². The van der Waals surface area contributed by atoms with E-state index in [1.165, 1.54) is 0 Å². The third kappa shape index (κ3) is 5.05. The van der Waals surface area contributed by atoms with Crippen molar-refractivity contribution in [2.24, 2.45) is 0 Å². The first-order valence-corrected chi connectivity index (χ1v) is 20.9. The molecule has 284 valence electrons. The van der Waals surface area contributed by atoms with Gasteiger partial charge in [0.15, 0.2) is 12.5 Å². The maximum Gasteiger partial charge on any atom is 0.248 e. The molecular weight excluding hydrogens is 874 g/mol. The molecule has 3 atom stereocenters. The summed E-state index contributed by atoms with van der Waals surface area (Å²) in [7, 11) is 0. The fourth-order valence-electron chi connectivity index (χ4n) is 9.64. The third-order valence-electron chi connectivity index (χ3n) is 12.0. The Hall–Kier alpha value is -5.51. The number of β-lactam (4-membered cyclic amide) rings is 2. The van der Waals surface area contributed by atoms with Crippen molar-refractivity contribution in [2.45, 2.75) is 28.8 Å². The second-order valence-electron chi connectivity index (χ2n) is 14.8. The van der Waals surface area contributed by atoms with E-state index in [9.17, 15) is 0 Å². The molecule has 2 saturated heterocycles. The zero-order valence-electron chi connectivity index (χ0n) is 30.8. The van der Waals surface area contributed by atoms with E-state index < -0.39 is 28.8 Å². The molecule has 3 aliphatic rings. The van der Waals surface area contributed by atoms with Gasteiger partial charge in [-0.15, -0.1) is 0 Å². The summed E-state index contributed by atoms with van der Waals surface area (Å²) >= 11 is 14.2. The van der Waals surface area contributed by atoms with Gasteiger partial charge in [-0.2, -0.15) is 0 Å². The number of nitrogens with zero attached hydrogens (tertiary/aromatic N) is 2. The standard InChI is InChI=1S/C49H34Br2ClN3O3/c50-36-21-26-39(27-22-36)54-44(56)47(32-13-5-1-6-14-32,33-15-7-2-8-16-33)46(54)58-43-49(41-31-38(52)25-30-42(41)53-43)48(34-17-9-3-10-18-34,35-19-11-4-12-20-35)45(57)55(49)40-28-23-37(51)24-29-40/h1-31,43,46,53H/t43-,46+,49?/m0/s1. The third-order valence-corrected chi connectivity index (χ3v) is 13.3. The summed E-state index contributed by atoms with van der Waals surface area (Å²) in [5.41, 5.74) is 2.25. The van der Waals surface area contributed by atoms with Crippen LogP contribution in [0.25, 0.3) is 0 Å². The minimum atomic E-state index is -1.32. The number of anilines is 3. The highest BCUT2D eigenvalue weighted by molar-refractivity contribution is 9.10. The zero-order valence-corrected chi connectivity index (χ0v) is 34.7. The summed E-state index contributed by atoms with van der Waals surface area (Å²) in [4.78, 5) is 34.8. The quantitative estimate of drug-likeness (QED) is 0.154. The molecule has 7 aromatic carbocycles. The molecule has 0 aromatic heterocycles. The molecule has 1 N–H and O–H groups in total. The van der Waals surface area contributed by atoms with Crippen LogP contribution in [-0.4, -0.2) is 24.3 Å². The van der Waals surface area contributed by atoms with Crippen molar-refractivity contribution < 1.29 is 14.3 Å². The van der Waals surface area contributed by atoms with Crippen LogP contribution < -0.4 is 15.1 Å². The van der Waals surface area contributed by atoms with Crippen LogP contribution in [0.5, 0.6) is 0 Å². The van der Waals surface area contributed by atoms with E-state index in [1.807, 2.05) is 193 Å². The van der Waals surface area contributed by atoms with Crippen LogP contribution in [0, 0.1) is 0 Å². The SMILES string of the molecule is O=C1N(c2ccc(Br)cc2)[C@H](O[C@@H]2Nc3ccc(Cl)cc3C23N(c2ccc(Br)cc2)C(=O)C3(c2ccccc2)c2ccccc2)C1(c1ccccc1)c1ccccc1. The topological polar surface area (TPSA) is 61.9 Å². The summed E-state index contributed by atoms with van der Waals surface area (Å²) in [6.45, 7) is 0. The van der Waals surface area contributed by atoms with E-state index in [-0.39, 0.29) is 11.8 Å². The lowest BCUT2D eigenvalue weighted by atomic mass is 9.50. The summed E-state index contributed by atoms with van der Waals surface area (Å²) in [5, 5.41) is 4.30. The molecule has 7 aromatic rings. The van der Waals surface area contributed by atoms with Gasteiger partial charge < -0.3 is 10.1 Å². The predicted molar refractivity (Wildman–Crippen MR) is 236 cm³/mol. The molecule has 2 amide bonds. The van der Waals surface area contributed by atoms with Crippen molar-refractivity contribution in [1.29, 1.82) is 0 Å². The molecule has 58 heavy (non-hydrogen) atoms. The van der Waals surface area contributed by atoms with Crippen molar-refractivity contribution in [3.05, 3.63) is 230 Å². The number of amides is 2. The number of fused-ring (bicyclic) bond motifs is 2. The second-order valence-corrected chi connectivity index (χ2v) is 17.0. The Morgan fingerprint density at radius 2 is 1.02 bits per heavy atom. The molecule has 2 fully saturated rings. The first kappa shape index (κ1) is 36.8. The number of hydrogen-bond donors (Lipinski definition) is 1. The number of rotatable bonds is 8. The number of carbonyl (C=O) groups is 2. The van der Waals surface area contributed by atoms with Crippen molar-refractivity contribution >= 4 is 72.3 Å². The molecule has 0 aliphatic carbocycles. The minimum Gasteiger partial charge on any atom is -0.357 e. The Morgan fingerprint density at radius 1 is 0.552 bits per heavy atom. The van der Waals surface area contributed by atoms with E-state index in [4.69, 9.17) is 16.3 Å². The summed E-state index contributed by atoms with van der Waals surface area (Å²) in [6.07, 6.45) is -1.83. The summed E-state index contributed by atoms with van der Waals surface area (Å²) in [5.74, 6) is -0.251. The minimum absolute atomic E-state index is 0.123. The Bertz CT molecular complexity index is 2590. The summed E-state index contributed by atoms with van der Waals surface area (Å²) < 4.78 is 9.54. The molecule has 1 spiro atoms. The fraction of sp³-hybridized carbons (Fsp3) is 0.102. The average Bonchev–Trinajstić information content (AvgIpc) is 3.58. The fourth-order valence-corrected chi connectivity index (χ4v) is 10.3. The van der Waals surface area contributed by atoms with Gasteiger partial charge in [-0.25, -0.2) is 0 Å². The van der Waals surface area contributed by atoms with Crippen LogP contribution >= 0.6 is 43.5 Å². The molecule has 0 saturated carbocycles. The number of halogens is 3. The number of benzene rings is 7. The number of nitrogens with one attached hydrogen (secondary N) is 1. The van der Waals surface area contributed by atoms with Gasteiger partial charge in [-0.05, 0) is 89.0 Å². The maximum atomic E-state index is 15.8. The lowest BCUT2D eigenvalue weighted by Crippen LogP contribution is -2.84. The highest BCUT2D eigenvalue weighted by atomic mass is 79.9. The Morgan fingerprint density at radius 3 is 1.52 bits per heavy atom. The van der Waals surface area contributed by atoms with Crippen molar-refractivity contribution in [3.8, 4) is 0 Å². The number of ether oxygens (including phenoxy) is 1. The van der Waals surface area contributed by atoms with E-state index in [0.29, 0.717) is 16.4 Å². The zero-order chi connectivity index (χ0) is 39.6. The van der Waals surface area contributed by atoms with Crippen LogP contribution in [-0.2, 0) is 30.7 Å². The Labute approximate surface area is 358 Å². The van der Waals surface area contributed by atoms with Gasteiger partial charge >= 0.3 is 0 Å². The first-order chi connectivity index (χ1) is 28.3. The molecule has 3 aliphatic heterocycles. The highest BCUT2D eigenvalue weighted by Gasteiger charge is 2.80. The van der Waals surface area contributed by atoms with Gasteiger partial charge in [0.25, 0.3) is 0 Å². The molecule has 1 unspecified atom stereocenters. The van der Waals surface area contributed by atoms with E-state index in [0.717, 1.165) is 42.5 Å². The van der Waals surface area contributed by atoms with Crippen molar-refractivity contribution in [3.63, 3.8) is 0 Å². The molecule has 10 rings (SSSR count). The Balaban J connectivity index is 1.28. The Kier molecular flexibility index (Phi) is 8.95. The van der Waals surface area contributed by atoms with Crippen molar-refractivity contribution in [2.75, 3.05) is 15.1 Å². The predicted octanol–water partition coefficient (Wildman–Crippen LogP) is 11.2. The average molecular weight is 908 g/mol. The molecule has 6 nitrogen and oxygen atoms in total. The lowest BCUT2D eigenvalue weighted by molar-refractivity contribution is -0.166. The normalized spacial score (nSPS) is 21.2. The number of carbonyl (C=O) groups excluding carboxylic acids is 2. The van der Waals surface area contributed by atoms with Gasteiger partial charge in [-0.3, -0.25) is 19.4 Å². The van der Waals surface area contributed by atoms with E-state index in [1.54, 1.807) is 4.90 Å². The highest BCUT2D eigenvalue weighted by Crippen LogP contribution is 2.67. The van der Waals surface area contributed by atoms with Gasteiger partial charge in [0.2, 0.25) is 11.8 Å². The van der Waals surface area contributed by atoms with Crippen LogP contribution in [0.4, 0.5) is 17.1 Å². The van der Waals surface area contributed by atoms with E-state index in [2.05, 4.69) is 37.2 Å². The van der Waals surface area contributed by atoms with Crippen molar-refractivity contribution in [1.82, 2.24) is 0 Å². The maximum absolute atomic E-state index is 15.8. The van der Waals surface area contributed by atoms with E-state index >= 15 is 9.59 Å². The largest absolute Gasteiger partial charge is 0.357 e. The van der Waals surface area contributed by atoms with Gasteiger partial charge in [0.05, 0.1) is 0 Å². The van der Waals surface area contributed by atoms with Gasteiger partial charge in [0.1, 0.15) is 16.4 Å². The molecular formula is C49H34Br2ClN3O3. The molecule has 9 heteroatoms. The lowest BCUT2D eigenvalue weighted by Gasteiger charge is -2.66. The van der Waals surface area contributed by atoms with Gasteiger partial charge in [0, 0.05) is 36.6 Å². The smallest absolute Gasteiger partial charge is 0.248 e.